The number of esters is 2. The summed E-state index contributed by atoms with van der Waals surface area (Å²) in [6, 6.07) is 0. The summed E-state index contributed by atoms with van der Waals surface area (Å²) >= 11 is 0. The van der Waals surface area contributed by atoms with E-state index in [1.807, 2.05) is 0 Å². The van der Waals surface area contributed by atoms with Crippen molar-refractivity contribution >= 4 is 11.9 Å². The predicted octanol–water partition coefficient (Wildman–Crippen LogP) is 3.40. The molecule has 4 heteroatoms. The number of carbonyl (C=O) groups is 2. The molecule has 0 saturated heterocycles. The molecule has 2 fully saturated rings. The average molecular weight is 294 g/mol. The van der Waals surface area contributed by atoms with Crippen molar-refractivity contribution in [2.75, 3.05) is 14.2 Å². The minimum Gasteiger partial charge on any atom is -0.468 e. The molecule has 0 radical (unpaired) electrons. The smallest absolute Gasteiger partial charge is 0.323 e. The molecule has 0 aliphatic heterocycles. The first-order chi connectivity index (χ1) is 9.92. The summed E-state index contributed by atoms with van der Waals surface area (Å²) in [5.41, 5.74) is 1.34. The Bertz CT molecular complexity index is 449. The molecule has 0 aromatic carbocycles. The van der Waals surface area contributed by atoms with Crippen LogP contribution in [0.5, 0.6) is 0 Å². The second-order valence-electron chi connectivity index (χ2n) is 6.74. The molecule has 0 aromatic rings. The molecular weight excluding hydrogens is 268 g/mol. The minimum absolute atomic E-state index is 0.0144. The van der Waals surface area contributed by atoms with Gasteiger partial charge in [0, 0.05) is 0 Å². The molecule has 2 aliphatic carbocycles. The topological polar surface area (TPSA) is 52.6 Å². The first-order valence-corrected chi connectivity index (χ1v) is 7.75. The van der Waals surface area contributed by atoms with Crippen molar-refractivity contribution in [2.45, 2.75) is 58.8 Å². The number of ether oxygens (including phenoxy) is 2. The van der Waals surface area contributed by atoms with Gasteiger partial charge in [-0.15, -0.1) is 0 Å². The normalized spacial score (nSPS) is 23.0. The average Bonchev–Trinajstić information content (AvgIpc) is 2.82. The van der Waals surface area contributed by atoms with Crippen LogP contribution in [0.3, 0.4) is 0 Å². The highest BCUT2D eigenvalue weighted by Crippen LogP contribution is 2.61. The Kier molecular flexibility index (Phi) is 4.45. The number of methoxy groups -OCH3 is 2. The zero-order valence-corrected chi connectivity index (χ0v) is 13.6. The molecule has 0 aromatic heterocycles. The van der Waals surface area contributed by atoms with E-state index < -0.39 is 17.4 Å². The molecule has 118 valence electrons. The monoisotopic (exact) mass is 294 g/mol. The molecule has 0 unspecified atom stereocenters. The van der Waals surface area contributed by atoms with Gasteiger partial charge in [0.15, 0.2) is 5.41 Å². The van der Waals surface area contributed by atoms with Gasteiger partial charge < -0.3 is 9.47 Å². The molecule has 1 spiro atoms. The van der Waals surface area contributed by atoms with Gasteiger partial charge in [0.25, 0.3) is 0 Å². The van der Waals surface area contributed by atoms with E-state index in [1.54, 1.807) is 0 Å². The summed E-state index contributed by atoms with van der Waals surface area (Å²) < 4.78 is 9.92. The van der Waals surface area contributed by atoms with Crippen molar-refractivity contribution < 1.29 is 19.1 Å². The van der Waals surface area contributed by atoms with E-state index >= 15 is 0 Å². The molecule has 0 atom stereocenters. The Morgan fingerprint density at radius 2 is 1.48 bits per heavy atom. The summed E-state index contributed by atoms with van der Waals surface area (Å²) in [5.74, 6) is -0.897. The fraction of sp³-hybridized carbons (Fsp3) is 0.765. The van der Waals surface area contributed by atoms with Gasteiger partial charge in [-0.2, -0.15) is 0 Å². The fourth-order valence-electron chi connectivity index (χ4n) is 4.41. The molecule has 2 rings (SSSR count). The third-order valence-corrected chi connectivity index (χ3v) is 5.33. The predicted molar refractivity (Wildman–Crippen MR) is 79.6 cm³/mol. The van der Waals surface area contributed by atoms with Gasteiger partial charge in [0.1, 0.15) is 0 Å². The van der Waals surface area contributed by atoms with Crippen molar-refractivity contribution in [2.24, 2.45) is 10.8 Å². The van der Waals surface area contributed by atoms with Gasteiger partial charge in [-0.25, -0.2) is 0 Å². The van der Waals surface area contributed by atoms with E-state index in [0.29, 0.717) is 12.8 Å². The Morgan fingerprint density at radius 1 is 0.952 bits per heavy atom. The van der Waals surface area contributed by atoms with Crippen molar-refractivity contribution in [1.29, 1.82) is 0 Å². The van der Waals surface area contributed by atoms with Crippen LogP contribution in [-0.2, 0) is 19.1 Å². The maximum atomic E-state index is 12.4. The summed E-state index contributed by atoms with van der Waals surface area (Å²) in [7, 11) is 2.70. The first kappa shape index (κ1) is 16.1. The van der Waals surface area contributed by atoms with Gasteiger partial charge in [-0.1, -0.05) is 30.4 Å². The third kappa shape index (κ3) is 2.49. The molecule has 0 amide bonds. The third-order valence-electron chi connectivity index (χ3n) is 5.33. The molecular formula is C17H26O4. The van der Waals surface area contributed by atoms with Crippen LogP contribution in [0.25, 0.3) is 0 Å². The van der Waals surface area contributed by atoms with Crippen molar-refractivity contribution in [1.82, 2.24) is 0 Å². The van der Waals surface area contributed by atoms with Gasteiger partial charge in [-0.05, 0) is 44.9 Å². The summed E-state index contributed by atoms with van der Waals surface area (Å²) in [6.45, 7) is 4.16. The number of carbonyl (C=O) groups excluding carboxylic acids is 2. The zero-order valence-electron chi connectivity index (χ0n) is 13.6. The van der Waals surface area contributed by atoms with Crippen LogP contribution in [0.15, 0.2) is 11.1 Å². The van der Waals surface area contributed by atoms with Gasteiger partial charge in [0.05, 0.1) is 14.2 Å². The van der Waals surface area contributed by atoms with E-state index in [1.165, 1.54) is 31.8 Å². The number of rotatable bonds is 2. The van der Waals surface area contributed by atoms with E-state index in [4.69, 9.17) is 9.47 Å². The highest BCUT2D eigenvalue weighted by molar-refractivity contribution is 6.01. The van der Waals surface area contributed by atoms with Gasteiger partial charge >= 0.3 is 11.9 Å². The maximum Gasteiger partial charge on any atom is 0.323 e. The highest BCUT2D eigenvalue weighted by atomic mass is 16.5. The summed E-state index contributed by atoms with van der Waals surface area (Å²) in [5, 5.41) is 0. The maximum absolute atomic E-state index is 12.4. The minimum atomic E-state index is -1.15. The quantitative estimate of drug-likeness (QED) is 0.445. The van der Waals surface area contributed by atoms with Crippen LogP contribution in [0.2, 0.25) is 0 Å². The number of hydrogen-bond acceptors (Lipinski definition) is 4. The van der Waals surface area contributed by atoms with E-state index in [2.05, 4.69) is 13.8 Å². The van der Waals surface area contributed by atoms with Gasteiger partial charge in [-0.3, -0.25) is 9.59 Å². The van der Waals surface area contributed by atoms with Crippen molar-refractivity contribution in [3.8, 4) is 0 Å². The van der Waals surface area contributed by atoms with Crippen LogP contribution < -0.4 is 0 Å². The standard InChI is InChI=1S/C17H26O4/c1-12(2)13-10-17(14(18)20-3,15(19)21-4)11-16(13)8-6-5-7-9-16/h5-11H2,1-4H3. The lowest BCUT2D eigenvalue weighted by Crippen LogP contribution is -2.40. The molecule has 4 nitrogen and oxygen atoms in total. The van der Waals surface area contributed by atoms with Crippen LogP contribution >= 0.6 is 0 Å². The molecule has 21 heavy (non-hydrogen) atoms. The van der Waals surface area contributed by atoms with E-state index in [9.17, 15) is 9.59 Å². The lowest BCUT2D eigenvalue weighted by atomic mass is 9.68. The van der Waals surface area contributed by atoms with Crippen molar-refractivity contribution in [3.63, 3.8) is 0 Å². The Morgan fingerprint density at radius 3 is 1.90 bits per heavy atom. The Hall–Kier alpha value is -1.32. The van der Waals surface area contributed by atoms with E-state index in [-0.39, 0.29) is 5.41 Å². The Balaban J connectivity index is 2.49. The lowest BCUT2D eigenvalue weighted by molar-refractivity contribution is -0.169. The summed E-state index contributed by atoms with van der Waals surface area (Å²) in [4.78, 5) is 24.8. The second kappa shape index (κ2) is 5.82. The summed E-state index contributed by atoms with van der Waals surface area (Å²) in [6.07, 6.45) is 6.67. The molecule has 0 N–H and O–H groups in total. The highest BCUT2D eigenvalue weighted by Gasteiger charge is 2.61. The SMILES string of the molecule is COC(=O)C1(C(=O)OC)CC(=C(C)C)C2(CCCCC2)C1. The van der Waals surface area contributed by atoms with Crippen LogP contribution in [0.1, 0.15) is 58.8 Å². The molecule has 0 bridgehead atoms. The second-order valence-corrected chi connectivity index (χ2v) is 6.74. The lowest BCUT2D eigenvalue weighted by Gasteiger charge is -2.36. The first-order valence-electron chi connectivity index (χ1n) is 7.75. The largest absolute Gasteiger partial charge is 0.468 e. The van der Waals surface area contributed by atoms with E-state index in [0.717, 1.165) is 25.7 Å². The fourth-order valence-corrected chi connectivity index (χ4v) is 4.41. The van der Waals surface area contributed by atoms with Gasteiger partial charge in [0.2, 0.25) is 0 Å². The molecule has 2 aliphatic rings. The number of allylic oxidation sites excluding steroid dienone is 2. The molecule has 0 heterocycles. The molecule has 2 saturated carbocycles. The van der Waals surface area contributed by atoms with Crippen LogP contribution in [0.4, 0.5) is 0 Å². The van der Waals surface area contributed by atoms with Crippen LogP contribution in [-0.4, -0.2) is 26.2 Å². The number of hydrogen-bond donors (Lipinski definition) is 0. The Labute approximate surface area is 126 Å². The van der Waals surface area contributed by atoms with Crippen LogP contribution in [0, 0.1) is 10.8 Å². The zero-order chi connectivity index (χ0) is 15.7. The van der Waals surface area contributed by atoms with Crippen molar-refractivity contribution in [3.05, 3.63) is 11.1 Å².